The van der Waals surface area contributed by atoms with Crippen LogP contribution in [0.3, 0.4) is 0 Å². The number of hydrogen-bond acceptors (Lipinski definition) is 5. The van der Waals surface area contributed by atoms with Crippen molar-refractivity contribution in [2.45, 2.75) is 13.3 Å². The number of fused-ring (bicyclic) bond motifs is 1. The Labute approximate surface area is 149 Å². The molecule has 0 radical (unpaired) electrons. The van der Waals surface area contributed by atoms with Gasteiger partial charge in [-0.15, -0.1) is 0 Å². The van der Waals surface area contributed by atoms with E-state index in [1.807, 2.05) is 55.6 Å². The van der Waals surface area contributed by atoms with Crippen molar-refractivity contribution in [3.8, 4) is 5.69 Å². The number of aromatic amines is 1. The SMILES string of the molecule is Cc1ccc(CCNc2nc3c(cnn3-c3ccccc3)c(=O)[nH]2)cn1. The third kappa shape index (κ3) is 3.19. The topological polar surface area (TPSA) is 88.5 Å². The van der Waals surface area contributed by atoms with Gasteiger partial charge >= 0.3 is 0 Å². The van der Waals surface area contributed by atoms with Crippen LogP contribution in [-0.2, 0) is 6.42 Å². The molecule has 7 nitrogen and oxygen atoms in total. The van der Waals surface area contributed by atoms with E-state index in [4.69, 9.17) is 0 Å². The van der Waals surface area contributed by atoms with Gasteiger partial charge in [-0.05, 0) is 37.1 Å². The van der Waals surface area contributed by atoms with Crippen LogP contribution >= 0.6 is 0 Å². The lowest BCUT2D eigenvalue weighted by molar-refractivity contribution is 0.892. The summed E-state index contributed by atoms with van der Waals surface area (Å²) in [5, 5.41) is 7.94. The molecule has 0 fully saturated rings. The van der Waals surface area contributed by atoms with Crippen molar-refractivity contribution in [3.05, 3.63) is 76.5 Å². The fourth-order valence-corrected chi connectivity index (χ4v) is 2.73. The molecule has 0 amide bonds. The molecule has 0 aliphatic rings. The second-order valence-corrected chi connectivity index (χ2v) is 6.03. The van der Waals surface area contributed by atoms with Crippen LogP contribution < -0.4 is 10.9 Å². The Kier molecular flexibility index (Phi) is 4.18. The Balaban J connectivity index is 1.58. The summed E-state index contributed by atoms with van der Waals surface area (Å²) < 4.78 is 1.67. The van der Waals surface area contributed by atoms with Crippen molar-refractivity contribution < 1.29 is 0 Å². The first-order valence-corrected chi connectivity index (χ1v) is 8.39. The van der Waals surface area contributed by atoms with E-state index < -0.39 is 0 Å². The van der Waals surface area contributed by atoms with E-state index in [0.717, 1.165) is 23.4 Å². The highest BCUT2D eigenvalue weighted by atomic mass is 16.1. The predicted octanol–water partition coefficient (Wildman–Crippen LogP) is 2.47. The molecular weight excluding hydrogens is 328 g/mol. The van der Waals surface area contributed by atoms with Crippen LogP contribution in [0.25, 0.3) is 16.7 Å². The number of anilines is 1. The van der Waals surface area contributed by atoms with Gasteiger partial charge in [0.15, 0.2) is 5.65 Å². The smallest absolute Gasteiger partial charge is 0.263 e. The van der Waals surface area contributed by atoms with Crippen molar-refractivity contribution in [1.82, 2.24) is 24.7 Å². The summed E-state index contributed by atoms with van der Waals surface area (Å²) in [6.07, 6.45) is 4.18. The molecule has 4 aromatic rings. The largest absolute Gasteiger partial charge is 0.355 e. The fourth-order valence-electron chi connectivity index (χ4n) is 2.73. The van der Waals surface area contributed by atoms with Gasteiger partial charge < -0.3 is 5.32 Å². The molecule has 4 rings (SSSR count). The second-order valence-electron chi connectivity index (χ2n) is 6.03. The molecule has 0 saturated heterocycles. The molecule has 0 atom stereocenters. The summed E-state index contributed by atoms with van der Waals surface area (Å²) in [6, 6.07) is 13.7. The van der Waals surface area contributed by atoms with Gasteiger partial charge in [0, 0.05) is 18.4 Å². The van der Waals surface area contributed by atoms with Gasteiger partial charge in [-0.2, -0.15) is 10.1 Å². The van der Waals surface area contributed by atoms with E-state index >= 15 is 0 Å². The number of para-hydroxylation sites is 1. The fraction of sp³-hybridized carbons (Fsp3) is 0.158. The molecule has 7 heteroatoms. The first-order chi connectivity index (χ1) is 12.7. The van der Waals surface area contributed by atoms with Crippen LogP contribution in [0.1, 0.15) is 11.3 Å². The Bertz CT molecular complexity index is 1080. The zero-order valence-corrected chi connectivity index (χ0v) is 14.3. The minimum atomic E-state index is -0.211. The number of hydrogen-bond donors (Lipinski definition) is 2. The van der Waals surface area contributed by atoms with E-state index in [1.54, 1.807) is 4.68 Å². The molecule has 1 aromatic carbocycles. The summed E-state index contributed by atoms with van der Waals surface area (Å²) in [4.78, 5) is 23.9. The van der Waals surface area contributed by atoms with Crippen molar-refractivity contribution in [2.24, 2.45) is 0 Å². The molecule has 2 N–H and O–H groups in total. The maximum Gasteiger partial charge on any atom is 0.263 e. The molecule has 0 bridgehead atoms. The lowest BCUT2D eigenvalue weighted by Gasteiger charge is -2.07. The van der Waals surface area contributed by atoms with Gasteiger partial charge in [0.2, 0.25) is 5.95 Å². The van der Waals surface area contributed by atoms with E-state index in [-0.39, 0.29) is 5.56 Å². The van der Waals surface area contributed by atoms with Crippen molar-refractivity contribution in [2.75, 3.05) is 11.9 Å². The van der Waals surface area contributed by atoms with Crippen molar-refractivity contribution in [3.63, 3.8) is 0 Å². The minimum absolute atomic E-state index is 0.211. The number of nitrogens with one attached hydrogen (secondary N) is 2. The number of nitrogens with zero attached hydrogens (tertiary/aromatic N) is 4. The normalized spacial score (nSPS) is 11.0. The Morgan fingerprint density at radius 2 is 1.96 bits per heavy atom. The number of rotatable bonds is 5. The number of benzene rings is 1. The molecule has 130 valence electrons. The third-order valence-electron chi connectivity index (χ3n) is 4.12. The van der Waals surface area contributed by atoms with E-state index in [1.165, 1.54) is 6.20 Å². The number of aryl methyl sites for hydroxylation is 1. The molecule has 0 aliphatic heterocycles. The molecule has 0 unspecified atom stereocenters. The van der Waals surface area contributed by atoms with Crippen LogP contribution in [0.2, 0.25) is 0 Å². The van der Waals surface area contributed by atoms with E-state index in [2.05, 4.69) is 25.4 Å². The van der Waals surface area contributed by atoms with Crippen LogP contribution in [-0.4, -0.2) is 31.3 Å². The van der Waals surface area contributed by atoms with Crippen LogP contribution in [0, 0.1) is 6.92 Å². The quantitative estimate of drug-likeness (QED) is 0.579. The summed E-state index contributed by atoms with van der Waals surface area (Å²) in [5.41, 5.74) is 3.29. The average Bonchev–Trinajstić information content (AvgIpc) is 3.09. The number of pyridine rings is 1. The van der Waals surface area contributed by atoms with Gasteiger partial charge in [-0.25, -0.2) is 4.68 Å². The van der Waals surface area contributed by atoms with Crippen molar-refractivity contribution in [1.29, 1.82) is 0 Å². The first-order valence-electron chi connectivity index (χ1n) is 8.39. The molecular formula is C19H18N6O. The molecule has 0 spiro atoms. The highest BCUT2D eigenvalue weighted by Crippen LogP contribution is 2.14. The average molecular weight is 346 g/mol. The molecule has 3 heterocycles. The Morgan fingerprint density at radius 3 is 2.73 bits per heavy atom. The Morgan fingerprint density at radius 1 is 1.12 bits per heavy atom. The van der Waals surface area contributed by atoms with Gasteiger partial charge in [0.25, 0.3) is 5.56 Å². The maximum atomic E-state index is 12.3. The molecule has 0 aliphatic carbocycles. The van der Waals surface area contributed by atoms with Gasteiger partial charge in [0.05, 0.1) is 11.9 Å². The van der Waals surface area contributed by atoms with Crippen LogP contribution in [0.4, 0.5) is 5.95 Å². The van der Waals surface area contributed by atoms with Gasteiger partial charge in [0.1, 0.15) is 5.39 Å². The lowest BCUT2D eigenvalue weighted by Crippen LogP contribution is -2.15. The van der Waals surface area contributed by atoms with Gasteiger partial charge in [-0.3, -0.25) is 14.8 Å². The van der Waals surface area contributed by atoms with Crippen LogP contribution in [0.15, 0.2) is 59.7 Å². The minimum Gasteiger partial charge on any atom is -0.355 e. The highest BCUT2D eigenvalue weighted by molar-refractivity contribution is 5.76. The maximum absolute atomic E-state index is 12.3. The van der Waals surface area contributed by atoms with Crippen LogP contribution in [0.5, 0.6) is 0 Å². The first kappa shape index (κ1) is 16.0. The zero-order chi connectivity index (χ0) is 17.9. The molecule has 26 heavy (non-hydrogen) atoms. The monoisotopic (exact) mass is 346 g/mol. The predicted molar refractivity (Wildman–Crippen MR) is 101 cm³/mol. The molecule has 3 aromatic heterocycles. The lowest BCUT2D eigenvalue weighted by atomic mass is 10.2. The Hall–Kier alpha value is -3.48. The van der Waals surface area contributed by atoms with Gasteiger partial charge in [-0.1, -0.05) is 24.3 Å². The summed E-state index contributed by atoms with van der Waals surface area (Å²) in [7, 11) is 0. The summed E-state index contributed by atoms with van der Waals surface area (Å²) in [6.45, 7) is 2.60. The third-order valence-corrected chi connectivity index (χ3v) is 4.12. The summed E-state index contributed by atoms with van der Waals surface area (Å²) >= 11 is 0. The number of aromatic nitrogens is 5. The highest BCUT2D eigenvalue weighted by Gasteiger charge is 2.11. The second kappa shape index (κ2) is 6.79. The standard InChI is InChI=1S/C19H18N6O/c1-13-7-8-14(11-21-13)9-10-20-19-23-17-16(18(26)24-19)12-22-25(17)15-5-3-2-4-6-15/h2-8,11-12H,9-10H2,1H3,(H2,20,23,24,26). The van der Waals surface area contributed by atoms with E-state index in [0.29, 0.717) is 23.5 Å². The van der Waals surface area contributed by atoms with E-state index in [9.17, 15) is 4.79 Å². The number of H-pyrrole nitrogens is 1. The van der Waals surface area contributed by atoms with Crippen molar-refractivity contribution >= 4 is 17.0 Å². The zero-order valence-electron chi connectivity index (χ0n) is 14.3. The summed E-state index contributed by atoms with van der Waals surface area (Å²) in [5.74, 6) is 0.431. The molecule has 0 saturated carbocycles.